The second kappa shape index (κ2) is 3.74. The molecule has 1 aromatic carbocycles. The third kappa shape index (κ3) is 1.48. The molecule has 5 nitrogen and oxygen atoms in total. The van der Waals surface area contributed by atoms with Gasteiger partial charge in [0.1, 0.15) is 0 Å². The van der Waals surface area contributed by atoms with Crippen molar-refractivity contribution in [1.29, 1.82) is 0 Å². The summed E-state index contributed by atoms with van der Waals surface area (Å²) in [4.78, 5) is 17.0. The Balaban J connectivity index is 1.80. The van der Waals surface area contributed by atoms with E-state index in [4.69, 9.17) is 5.73 Å². The minimum Gasteiger partial charge on any atom is -0.369 e. The van der Waals surface area contributed by atoms with Gasteiger partial charge in [-0.15, -0.1) is 0 Å². The van der Waals surface area contributed by atoms with Crippen LogP contribution in [-0.2, 0) is 0 Å². The molecular weight excluding hydrogens is 240 g/mol. The van der Waals surface area contributed by atoms with Crippen LogP contribution in [0, 0.1) is 5.92 Å². The monoisotopic (exact) mass is 256 g/mol. The summed E-state index contributed by atoms with van der Waals surface area (Å²) < 4.78 is 0. The van der Waals surface area contributed by atoms with E-state index in [1.807, 2.05) is 24.4 Å². The number of amides is 1. The van der Waals surface area contributed by atoms with Gasteiger partial charge in [0, 0.05) is 48.9 Å². The number of aromatic nitrogens is 1. The molecule has 0 saturated carbocycles. The molecule has 0 aliphatic carbocycles. The van der Waals surface area contributed by atoms with Crippen molar-refractivity contribution in [3.63, 3.8) is 0 Å². The molecule has 0 radical (unpaired) electrons. The maximum absolute atomic E-state index is 11.4. The molecule has 98 valence electrons. The SMILES string of the molecule is NC(=O)c1ccc(N2C[C@H]3CN[C@@H]3C2)c2cc[nH]c12. The Hall–Kier alpha value is -2.01. The average molecular weight is 256 g/mol. The van der Waals surface area contributed by atoms with Gasteiger partial charge in [-0.1, -0.05) is 0 Å². The van der Waals surface area contributed by atoms with Crippen molar-refractivity contribution in [1.82, 2.24) is 10.3 Å². The number of rotatable bonds is 2. The third-order valence-electron chi connectivity index (χ3n) is 4.39. The van der Waals surface area contributed by atoms with Gasteiger partial charge in [0.2, 0.25) is 0 Å². The summed E-state index contributed by atoms with van der Waals surface area (Å²) in [6.45, 7) is 3.26. The largest absolute Gasteiger partial charge is 0.369 e. The van der Waals surface area contributed by atoms with E-state index >= 15 is 0 Å². The third-order valence-corrected chi connectivity index (χ3v) is 4.39. The molecule has 2 fully saturated rings. The number of anilines is 1. The van der Waals surface area contributed by atoms with E-state index in [2.05, 4.69) is 15.2 Å². The van der Waals surface area contributed by atoms with Crippen molar-refractivity contribution in [2.24, 2.45) is 11.7 Å². The van der Waals surface area contributed by atoms with Gasteiger partial charge in [-0.25, -0.2) is 0 Å². The summed E-state index contributed by atoms with van der Waals surface area (Å²) in [5.41, 5.74) is 8.01. The molecule has 2 aliphatic rings. The number of aromatic amines is 1. The van der Waals surface area contributed by atoms with Gasteiger partial charge in [-0.05, 0) is 18.2 Å². The summed E-state index contributed by atoms with van der Waals surface area (Å²) in [5, 5.41) is 4.54. The van der Waals surface area contributed by atoms with Gasteiger partial charge in [-0.3, -0.25) is 4.79 Å². The molecule has 2 aliphatic heterocycles. The van der Waals surface area contributed by atoms with Gasteiger partial charge < -0.3 is 20.9 Å². The van der Waals surface area contributed by atoms with Crippen LogP contribution < -0.4 is 16.0 Å². The molecule has 3 heterocycles. The molecule has 0 bridgehead atoms. The first-order chi connectivity index (χ1) is 9.24. The number of nitrogens with zero attached hydrogens (tertiary/aromatic N) is 1. The van der Waals surface area contributed by atoms with Gasteiger partial charge in [0.15, 0.2) is 0 Å². The van der Waals surface area contributed by atoms with Crippen molar-refractivity contribution in [2.75, 3.05) is 24.5 Å². The first-order valence-corrected chi connectivity index (χ1v) is 6.62. The zero-order valence-electron chi connectivity index (χ0n) is 10.5. The van der Waals surface area contributed by atoms with Crippen LogP contribution in [0.5, 0.6) is 0 Å². The smallest absolute Gasteiger partial charge is 0.250 e. The number of H-pyrrole nitrogens is 1. The number of carbonyl (C=O) groups excluding carboxylic acids is 1. The van der Waals surface area contributed by atoms with Crippen molar-refractivity contribution < 1.29 is 4.79 Å². The number of hydrogen-bond acceptors (Lipinski definition) is 3. The van der Waals surface area contributed by atoms with Crippen molar-refractivity contribution in [3.8, 4) is 0 Å². The number of primary amides is 1. The minimum atomic E-state index is -0.387. The summed E-state index contributed by atoms with van der Waals surface area (Å²) in [7, 11) is 0. The van der Waals surface area contributed by atoms with Crippen LogP contribution in [0.1, 0.15) is 10.4 Å². The topological polar surface area (TPSA) is 74.2 Å². The Morgan fingerprint density at radius 1 is 1.32 bits per heavy atom. The molecule has 4 N–H and O–H groups in total. The van der Waals surface area contributed by atoms with Crippen LogP contribution in [0.25, 0.3) is 10.9 Å². The zero-order chi connectivity index (χ0) is 13.0. The van der Waals surface area contributed by atoms with Crippen LogP contribution in [0.3, 0.4) is 0 Å². The fraction of sp³-hybridized carbons (Fsp3) is 0.357. The highest BCUT2D eigenvalue weighted by atomic mass is 16.1. The van der Waals surface area contributed by atoms with Gasteiger partial charge in [0.25, 0.3) is 5.91 Å². The molecule has 1 amide bonds. The maximum Gasteiger partial charge on any atom is 0.250 e. The zero-order valence-corrected chi connectivity index (χ0v) is 10.5. The minimum absolute atomic E-state index is 0.387. The molecule has 4 rings (SSSR count). The molecule has 19 heavy (non-hydrogen) atoms. The Kier molecular flexibility index (Phi) is 2.14. The Morgan fingerprint density at radius 3 is 2.84 bits per heavy atom. The highest BCUT2D eigenvalue weighted by Gasteiger charge is 2.39. The first kappa shape index (κ1) is 10.9. The van der Waals surface area contributed by atoms with Crippen LogP contribution >= 0.6 is 0 Å². The number of nitrogens with one attached hydrogen (secondary N) is 2. The predicted molar refractivity (Wildman–Crippen MR) is 74.3 cm³/mol. The molecule has 1 aromatic heterocycles. The van der Waals surface area contributed by atoms with Crippen molar-refractivity contribution in [3.05, 3.63) is 30.0 Å². The lowest BCUT2D eigenvalue weighted by molar-refractivity contribution is 0.100. The van der Waals surface area contributed by atoms with Gasteiger partial charge in [0.05, 0.1) is 11.1 Å². The molecule has 2 saturated heterocycles. The lowest BCUT2D eigenvalue weighted by Crippen LogP contribution is -2.51. The van der Waals surface area contributed by atoms with E-state index in [9.17, 15) is 4.79 Å². The van der Waals surface area contributed by atoms with E-state index in [0.29, 0.717) is 11.6 Å². The highest BCUT2D eigenvalue weighted by Crippen LogP contribution is 2.34. The van der Waals surface area contributed by atoms with Crippen molar-refractivity contribution >= 4 is 22.5 Å². The first-order valence-electron chi connectivity index (χ1n) is 6.62. The molecule has 2 aromatic rings. The number of benzene rings is 1. The quantitative estimate of drug-likeness (QED) is 0.739. The van der Waals surface area contributed by atoms with Crippen LogP contribution in [0.15, 0.2) is 24.4 Å². The van der Waals surface area contributed by atoms with E-state index in [0.717, 1.165) is 36.5 Å². The van der Waals surface area contributed by atoms with Crippen LogP contribution in [-0.4, -0.2) is 36.6 Å². The Labute approximate surface area is 110 Å². The number of nitrogens with two attached hydrogens (primary N) is 1. The molecular formula is C14H16N4O. The summed E-state index contributed by atoms with van der Waals surface area (Å²) >= 11 is 0. The number of fused-ring (bicyclic) bond motifs is 2. The molecule has 0 spiro atoms. The van der Waals surface area contributed by atoms with Crippen LogP contribution in [0.2, 0.25) is 0 Å². The highest BCUT2D eigenvalue weighted by molar-refractivity contribution is 6.08. The second-order valence-corrected chi connectivity index (χ2v) is 5.44. The molecule has 5 heteroatoms. The van der Waals surface area contributed by atoms with Crippen molar-refractivity contribution in [2.45, 2.75) is 6.04 Å². The average Bonchev–Trinajstić information content (AvgIpc) is 2.94. The standard InChI is InChI=1S/C14H16N4O/c15-14(19)10-1-2-12(9-3-4-16-13(9)10)18-6-8-5-17-11(8)7-18/h1-4,8,11,16-17H,5-7H2,(H2,15,19)/t8-,11-/m1/s1. The number of carbonyl (C=O) groups is 1. The van der Waals surface area contributed by atoms with Crippen LogP contribution in [0.4, 0.5) is 5.69 Å². The number of hydrogen-bond donors (Lipinski definition) is 3. The van der Waals surface area contributed by atoms with Gasteiger partial charge >= 0.3 is 0 Å². The van der Waals surface area contributed by atoms with E-state index < -0.39 is 0 Å². The molecule has 0 unspecified atom stereocenters. The Bertz CT molecular complexity index is 651. The Morgan fingerprint density at radius 2 is 2.21 bits per heavy atom. The normalized spacial score (nSPS) is 25.4. The maximum atomic E-state index is 11.4. The van der Waals surface area contributed by atoms with E-state index in [1.54, 1.807) is 0 Å². The lowest BCUT2D eigenvalue weighted by Gasteiger charge is -2.29. The summed E-state index contributed by atoms with van der Waals surface area (Å²) in [6, 6.07) is 6.49. The lowest BCUT2D eigenvalue weighted by atomic mass is 9.96. The molecule has 2 atom stereocenters. The summed E-state index contributed by atoms with van der Waals surface area (Å²) in [5.74, 6) is 0.381. The van der Waals surface area contributed by atoms with Gasteiger partial charge in [-0.2, -0.15) is 0 Å². The fourth-order valence-electron chi connectivity index (χ4n) is 3.27. The van der Waals surface area contributed by atoms with E-state index in [-0.39, 0.29) is 5.91 Å². The van der Waals surface area contributed by atoms with E-state index in [1.165, 1.54) is 5.69 Å². The fourth-order valence-corrected chi connectivity index (χ4v) is 3.27. The second-order valence-electron chi connectivity index (χ2n) is 5.44. The predicted octanol–water partition coefficient (Wildman–Crippen LogP) is 0.675. The summed E-state index contributed by atoms with van der Waals surface area (Å²) in [6.07, 6.45) is 1.86.